The Morgan fingerprint density at radius 1 is 1.27 bits per heavy atom. The summed E-state index contributed by atoms with van der Waals surface area (Å²) in [7, 11) is 0. The van der Waals surface area contributed by atoms with Gasteiger partial charge in [0, 0.05) is 0 Å². The van der Waals surface area contributed by atoms with Crippen molar-refractivity contribution in [2.45, 2.75) is 40.0 Å². The smallest absolute Gasteiger partial charge is 0.00836 e. The Bertz CT molecular complexity index is 284. The van der Waals surface area contributed by atoms with Gasteiger partial charge in [0.05, 0.1) is 0 Å². The Hall–Kier alpha value is -0.780. The van der Waals surface area contributed by atoms with Crippen LogP contribution in [0, 0.1) is 17.3 Å². The molecule has 0 spiro atoms. The van der Waals surface area contributed by atoms with E-state index in [1.807, 2.05) is 0 Å². The lowest BCUT2D eigenvalue weighted by molar-refractivity contribution is 0.170. The lowest BCUT2D eigenvalue weighted by Gasteiger charge is -2.43. The van der Waals surface area contributed by atoms with Crippen molar-refractivity contribution in [2.75, 3.05) is 0 Å². The van der Waals surface area contributed by atoms with Crippen LogP contribution in [0.5, 0.6) is 0 Å². The minimum atomic E-state index is 0.248. The third kappa shape index (κ3) is 2.42. The minimum absolute atomic E-state index is 0.248. The van der Waals surface area contributed by atoms with E-state index in [0.29, 0.717) is 11.8 Å². The van der Waals surface area contributed by atoms with E-state index in [9.17, 15) is 0 Å². The summed E-state index contributed by atoms with van der Waals surface area (Å²) in [4.78, 5) is 0. The number of rotatable bonds is 3. The molecule has 1 fully saturated rings. The Morgan fingerprint density at radius 3 is 2.27 bits per heavy atom. The Morgan fingerprint density at radius 2 is 1.87 bits per heavy atom. The Balaban J connectivity index is 2.88. The van der Waals surface area contributed by atoms with Crippen molar-refractivity contribution in [1.29, 1.82) is 0 Å². The van der Waals surface area contributed by atoms with Crippen molar-refractivity contribution >= 4 is 0 Å². The fourth-order valence-corrected chi connectivity index (χ4v) is 2.79. The van der Waals surface area contributed by atoms with Crippen LogP contribution in [0.2, 0.25) is 0 Å². The maximum atomic E-state index is 4.14. The molecule has 0 heterocycles. The molecule has 0 amide bonds. The second-order valence-electron chi connectivity index (χ2n) is 5.43. The molecule has 1 rings (SSSR count). The van der Waals surface area contributed by atoms with Gasteiger partial charge in [-0.05, 0) is 50.4 Å². The summed E-state index contributed by atoms with van der Waals surface area (Å²) in [6.45, 7) is 18.8. The van der Waals surface area contributed by atoms with Crippen molar-refractivity contribution < 1.29 is 0 Å². The van der Waals surface area contributed by atoms with Gasteiger partial charge in [0.15, 0.2) is 0 Å². The van der Waals surface area contributed by atoms with Gasteiger partial charge in [0.1, 0.15) is 0 Å². The third-order valence-corrected chi connectivity index (χ3v) is 4.11. The number of hydrogen-bond donors (Lipinski definition) is 0. The molecule has 0 radical (unpaired) electrons. The van der Waals surface area contributed by atoms with Gasteiger partial charge in [-0.25, -0.2) is 0 Å². The van der Waals surface area contributed by atoms with E-state index in [1.165, 1.54) is 30.4 Å². The number of hydrogen-bond acceptors (Lipinski definition) is 0. The largest absolute Gasteiger partial charge is 0.103 e. The van der Waals surface area contributed by atoms with Gasteiger partial charge in [-0.3, -0.25) is 0 Å². The summed E-state index contributed by atoms with van der Waals surface area (Å²) >= 11 is 0. The van der Waals surface area contributed by atoms with Crippen LogP contribution in [0.25, 0.3) is 0 Å². The number of allylic oxidation sites excluding steroid dienone is 3. The summed E-state index contributed by atoms with van der Waals surface area (Å²) in [5.74, 6) is 1.25. The first-order chi connectivity index (χ1) is 6.90. The zero-order chi connectivity index (χ0) is 11.6. The first-order valence-corrected chi connectivity index (χ1v) is 5.85. The van der Waals surface area contributed by atoms with Crippen molar-refractivity contribution in [3.63, 3.8) is 0 Å². The molecule has 0 heteroatoms. The van der Waals surface area contributed by atoms with E-state index in [0.717, 1.165) is 0 Å². The summed E-state index contributed by atoms with van der Waals surface area (Å²) in [5, 5.41) is 0. The van der Waals surface area contributed by atoms with Gasteiger partial charge < -0.3 is 0 Å². The second-order valence-corrected chi connectivity index (χ2v) is 5.43. The van der Waals surface area contributed by atoms with Gasteiger partial charge in [-0.2, -0.15) is 0 Å². The highest BCUT2D eigenvalue weighted by atomic mass is 14.4. The highest BCUT2D eigenvalue weighted by Crippen LogP contribution is 2.48. The van der Waals surface area contributed by atoms with E-state index in [4.69, 9.17) is 0 Å². The summed E-state index contributed by atoms with van der Waals surface area (Å²) in [6, 6.07) is 0. The predicted octanol–water partition coefficient (Wildman–Crippen LogP) is 4.75. The maximum absolute atomic E-state index is 4.14. The highest BCUT2D eigenvalue weighted by Gasteiger charge is 2.38. The van der Waals surface area contributed by atoms with Crippen molar-refractivity contribution in [3.05, 3.63) is 37.0 Å². The highest BCUT2D eigenvalue weighted by molar-refractivity contribution is 5.15. The standard InChI is InChI=1S/C15H24/c1-7-15(6)9-8-13(11(2)3)10-14(15)12(4)5/h7,13-14H,1-2,4,8-10H2,3,5-6H3/t13?,14?,15-/m0/s1. The van der Waals surface area contributed by atoms with Crippen molar-refractivity contribution in [3.8, 4) is 0 Å². The van der Waals surface area contributed by atoms with Crippen LogP contribution in [0.15, 0.2) is 37.0 Å². The van der Waals surface area contributed by atoms with Crippen LogP contribution in [0.3, 0.4) is 0 Å². The average molecular weight is 204 g/mol. The quantitative estimate of drug-likeness (QED) is 0.582. The van der Waals surface area contributed by atoms with Crippen LogP contribution < -0.4 is 0 Å². The molecular formula is C15H24. The second kappa shape index (κ2) is 4.38. The molecule has 0 aromatic rings. The maximum Gasteiger partial charge on any atom is -0.00836 e. The molecule has 84 valence electrons. The van der Waals surface area contributed by atoms with E-state index in [2.05, 4.69) is 46.6 Å². The molecule has 2 unspecified atom stereocenters. The topological polar surface area (TPSA) is 0 Å². The molecule has 0 bridgehead atoms. The van der Waals surface area contributed by atoms with Gasteiger partial charge in [0.2, 0.25) is 0 Å². The normalized spacial score (nSPS) is 35.9. The zero-order valence-electron chi connectivity index (χ0n) is 10.5. The monoisotopic (exact) mass is 204 g/mol. The fraction of sp³-hybridized carbons (Fsp3) is 0.600. The average Bonchev–Trinajstić information content (AvgIpc) is 2.17. The molecule has 1 saturated carbocycles. The lowest BCUT2D eigenvalue weighted by atomic mass is 9.61. The SMILES string of the molecule is C=C[C@@]1(C)CCC(C(=C)C)CC1C(=C)C. The predicted molar refractivity (Wildman–Crippen MR) is 68.8 cm³/mol. The molecule has 0 saturated heterocycles. The van der Waals surface area contributed by atoms with E-state index in [1.54, 1.807) is 0 Å². The molecule has 0 aromatic heterocycles. The van der Waals surface area contributed by atoms with Crippen molar-refractivity contribution in [1.82, 2.24) is 0 Å². The van der Waals surface area contributed by atoms with Crippen LogP contribution in [-0.2, 0) is 0 Å². The molecule has 0 nitrogen and oxygen atoms in total. The third-order valence-electron chi connectivity index (χ3n) is 4.11. The Kier molecular flexibility index (Phi) is 3.59. The fourth-order valence-electron chi connectivity index (χ4n) is 2.79. The van der Waals surface area contributed by atoms with Gasteiger partial charge in [-0.1, -0.05) is 37.3 Å². The molecule has 0 N–H and O–H groups in total. The molecular weight excluding hydrogens is 180 g/mol. The van der Waals surface area contributed by atoms with Gasteiger partial charge in [0.25, 0.3) is 0 Å². The lowest BCUT2D eigenvalue weighted by Crippen LogP contribution is -2.33. The van der Waals surface area contributed by atoms with E-state index in [-0.39, 0.29) is 5.41 Å². The summed E-state index contributed by atoms with van der Waals surface area (Å²) < 4.78 is 0. The minimum Gasteiger partial charge on any atom is -0.103 e. The van der Waals surface area contributed by atoms with Crippen LogP contribution in [0.4, 0.5) is 0 Å². The zero-order valence-corrected chi connectivity index (χ0v) is 10.5. The van der Waals surface area contributed by atoms with Crippen LogP contribution >= 0.6 is 0 Å². The first kappa shape index (κ1) is 12.3. The molecule has 3 atom stereocenters. The first-order valence-electron chi connectivity index (χ1n) is 5.85. The summed E-state index contributed by atoms with van der Waals surface area (Å²) in [6.07, 6.45) is 5.79. The molecule has 1 aliphatic rings. The van der Waals surface area contributed by atoms with Crippen LogP contribution in [-0.4, -0.2) is 0 Å². The van der Waals surface area contributed by atoms with E-state index < -0.39 is 0 Å². The van der Waals surface area contributed by atoms with Gasteiger partial charge in [-0.15, -0.1) is 6.58 Å². The van der Waals surface area contributed by atoms with Gasteiger partial charge >= 0.3 is 0 Å². The Labute approximate surface area is 94.8 Å². The van der Waals surface area contributed by atoms with Crippen molar-refractivity contribution in [2.24, 2.45) is 17.3 Å². The molecule has 0 aliphatic heterocycles. The summed E-state index contributed by atoms with van der Waals surface area (Å²) in [5.41, 5.74) is 2.87. The molecule has 1 aliphatic carbocycles. The molecule has 15 heavy (non-hydrogen) atoms. The van der Waals surface area contributed by atoms with E-state index >= 15 is 0 Å². The molecule has 0 aromatic carbocycles. The van der Waals surface area contributed by atoms with Crippen LogP contribution in [0.1, 0.15) is 40.0 Å².